The van der Waals surface area contributed by atoms with Gasteiger partial charge >= 0.3 is 0 Å². The predicted octanol–water partition coefficient (Wildman–Crippen LogP) is 5.01. The van der Waals surface area contributed by atoms with Crippen molar-refractivity contribution in [2.45, 2.75) is 86.1 Å². The van der Waals surface area contributed by atoms with Gasteiger partial charge in [-0.3, -0.25) is 0 Å². The molecule has 0 aromatic rings. The minimum absolute atomic E-state index is 0.239. The minimum Gasteiger partial charge on any atom is -0.312 e. The maximum Gasteiger partial charge on any atom is 0.00967 e. The molecule has 1 nitrogen and oxygen atoms in total. The van der Waals surface area contributed by atoms with Crippen molar-refractivity contribution in [1.29, 1.82) is 0 Å². The highest BCUT2D eigenvalue weighted by Gasteiger charge is 2.27. The monoisotopic (exact) mass is 241 g/mol. The zero-order valence-electron chi connectivity index (χ0n) is 13.3. The summed E-state index contributed by atoms with van der Waals surface area (Å²) in [4.78, 5) is 0. The summed E-state index contributed by atoms with van der Waals surface area (Å²) in [5.41, 5.74) is 0.708. The van der Waals surface area contributed by atoms with Crippen LogP contribution in [-0.2, 0) is 0 Å². The van der Waals surface area contributed by atoms with Gasteiger partial charge in [-0.05, 0) is 44.9 Å². The van der Waals surface area contributed by atoms with E-state index in [2.05, 4.69) is 53.8 Å². The molecule has 2 unspecified atom stereocenters. The van der Waals surface area contributed by atoms with Crippen LogP contribution in [0.3, 0.4) is 0 Å². The highest BCUT2D eigenvalue weighted by molar-refractivity contribution is 4.82. The lowest BCUT2D eigenvalue weighted by atomic mass is 9.76. The molecule has 1 N–H and O–H groups in total. The molecule has 0 radical (unpaired) electrons. The summed E-state index contributed by atoms with van der Waals surface area (Å²) in [5.74, 6) is 0.860. The first-order valence-electron chi connectivity index (χ1n) is 7.47. The summed E-state index contributed by atoms with van der Waals surface area (Å²) in [7, 11) is 0. The SMILES string of the molecule is CCCC(C)CC(C)(CCC)CNC(C)(C)C. The second-order valence-corrected chi connectivity index (χ2v) is 7.26. The van der Waals surface area contributed by atoms with E-state index in [1.807, 2.05) is 0 Å². The second kappa shape index (κ2) is 7.41. The van der Waals surface area contributed by atoms with E-state index in [-0.39, 0.29) is 5.54 Å². The summed E-state index contributed by atoms with van der Waals surface area (Å²) in [6, 6.07) is 0. The van der Waals surface area contributed by atoms with Crippen molar-refractivity contribution in [2.24, 2.45) is 11.3 Å². The summed E-state index contributed by atoms with van der Waals surface area (Å²) < 4.78 is 0. The van der Waals surface area contributed by atoms with E-state index in [0.717, 1.165) is 12.5 Å². The molecule has 0 aliphatic heterocycles. The van der Waals surface area contributed by atoms with Crippen molar-refractivity contribution < 1.29 is 0 Å². The van der Waals surface area contributed by atoms with E-state index in [9.17, 15) is 0 Å². The van der Waals surface area contributed by atoms with E-state index >= 15 is 0 Å². The van der Waals surface area contributed by atoms with E-state index < -0.39 is 0 Å². The zero-order chi connectivity index (χ0) is 13.5. The fraction of sp³-hybridized carbons (Fsp3) is 1.00. The van der Waals surface area contributed by atoms with E-state index in [1.165, 1.54) is 32.1 Å². The van der Waals surface area contributed by atoms with Gasteiger partial charge in [0.2, 0.25) is 0 Å². The van der Waals surface area contributed by atoms with Crippen molar-refractivity contribution in [1.82, 2.24) is 5.32 Å². The van der Waals surface area contributed by atoms with Gasteiger partial charge in [0.15, 0.2) is 0 Å². The average molecular weight is 241 g/mol. The van der Waals surface area contributed by atoms with Crippen LogP contribution in [-0.4, -0.2) is 12.1 Å². The van der Waals surface area contributed by atoms with E-state index in [1.54, 1.807) is 0 Å². The first kappa shape index (κ1) is 17.0. The summed E-state index contributed by atoms with van der Waals surface area (Å²) in [6.45, 7) is 17.4. The Morgan fingerprint density at radius 2 is 1.59 bits per heavy atom. The summed E-state index contributed by atoms with van der Waals surface area (Å²) in [6.07, 6.45) is 6.67. The van der Waals surface area contributed by atoms with Crippen LogP contribution >= 0.6 is 0 Å². The van der Waals surface area contributed by atoms with Gasteiger partial charge in [0, 0.05) is 12.1 Å². The third-order valence-electron chi connectivity index (χ3n) is 3.52. The van der Waals surface area contributed by atoms with Crippen LogP contribution in [0.15, 0.2) is 0 Å². The first-order valence-corrected chi connectivity index (χ1v) is 7.47. The zero-order valence-corrected chi connectivity index (χ0v) is 13.3. The quantitative estimate of drug-likeness (QED) is 0.630. The van der Waals surface area contributed by atoms with Gasteiger partial charge in [-0.25, -0.2) is 0 Å². The normalized spacial score (nSPS) is 17.8. The Balaban J connectivity index is 4.34. The van der Waals surface area contributed by atoms with Crippen molar-refractivity contribution in [3.8, 4) is 0 Å². The molecule has 0 fully saturated rings. The van der Waals surface area contributed by atoms with Crippen LogP contribution in [0.2, 0.25) is 0 Å². The van der Waals surface area contributed by atoms with Crippen LogP contribution in [0.25, 0.3) is 0 Å². The molecule has 2 atom stereocenters. The molecular formula is C16H35N. The van der Waals surface area contributed by atoms with Gasteiger partial charge < -0.3 is 5.32 Å². The summed E-state index contributed by atoms with van der Waals surface area (Å²) in [5, 5.41) is 3.69. The van der Waals surface area contributed by atoms with Gasteiger partial charge in [-0.2, -0.15) is 0 Å². The molecule has 104 valence electrons. The van der Waals surface area contributed by atoms with Crippen LogP contribution in [0.1, 0.15) is 80.6 Å². The molecular weight excluding hydrogens is 206 g/mol. The minimum atomic E-state index is 0.239. The predicted molar refractivity (Wildman–Crippen MR) is 79.5 cm³/mol. The van der Waals surface area contributed by atoms with Crippen LogP contribution in [0.5, 0.6) is 0 Å². The molecule has 0 aromatic carbocycles. The Hall–Kier alpha value is -0.0400. The lowest BCUT2D eigenvalue weighted by Gasteiger charge is -2.35. The molecule has 0 rings (SSSR count). The molecule has 0 heterocycles. The van der Waals surface area contributed by atoms with Gasteiger partial charge in [0.1, 0.15) is 0 Å². The van der Waals surface area contributed by atoms with E-state index in [0.29, 0.717) is 5.41 Å². The number of hydrogen-bond donors (Lipinski definition) is 1. The van der Waals surface area contributed by atoms with Gasteiger partial charge in [-0.15, -0.1) is 0 Å². The topological polar surface area (TPSA) is 12.0 Å². The van der Waals surface area contributed by atoms with Gasteiger partial charge in [0.05, 0.1) is 0 Å². The lowest BCUT2D eigenvalue weighted by Crippen LogP contribution is -2.43. The molecule has 0 saturated carbocycles. The highest BCUT2D eigenvalue weighted by atomic mass is 15.0. The van der Waals surface area contributed by atoms with Crippen LogP contribution < -0.4 is 5.32 Å². The molecule has 0 saturated heterocycles. The third kappa shape index (κ3) is 8.65. The second-order valence-electron chi connectivity index (χ2n) is 7.26. The molecule has 0 amide bonds. The smallest absolute Gasteiger partial charge is 0.00967 e. The maximum absolute atomic E-state index is 3.69. The number of hydrogen-bond acceptors (Lipinski definition) is 1. The van der Waals surface area contributed by atoms with Crippen LogP contribution in [0.4, 0.5) is 0 Å². The molecule has 17 heavy (non-hydrogen) atoms. The average Bonchev–Trinajstić information content (AvgIpc) is 2.14. The first-order chi connectivity index (χ1) is 7.72. The Labute approximate surface area is 110 Å². The largest absolute Gasteiger partial charge is 0.312 e. The van der Waals surface area contributed by atoms with Gasteiger partial charge in [-0.1, -0.05) is 47.0 Å². The Morgan fingerprint density at radius 1 is 1.00 bits per heavy atom. The van der Waals surface area contributed by atoms with E-state index in [4.69, 9.17) is 0 Å². The van der Waals surface area contributed by atoms with Crippen molar-refractivity contribution in [3.63, 3.8) is 0 Å². The molecule has 0 bridgehead atoms. The Kier molecular flexibility index (Phi) is 7.39. The van der Waals surface area contributed by atoms with Crippen molar-refractivity contribution in [3.05, 3.63) is 0 Å². The fourth-order valence-corrected chi connectivity index (χ4v) is 2.78. The third-order valence-corrected chi connectivity index (χ3v) is 3.52. The molecule has 0 aromatic heterocycles. The van der Waals surface area contributed by atoms with Crippen LogP contribution in [0, 0.1) is 11.3 Å². The lowest BCUT2D eigenvalue weighted by molar-refractivity contribution is 0.193. The molecule has 0 spiro atoms. The Morgan fingerprint density at radius 3 is 2.00 bits per heavy atom. The number of rotatable bonds is 8. The molecule has 1 heteroatoms. The Bertz CT molecular complexity index is 192. The number of nitrogens with one attached hydrogen (secondary N) is 1. The molecule has 0 aliphatic carbocycles. The van der Waals surface area contributed by atoms with Crippen molar-refractivity contribution in [2.75, 3.05) is 6.54 Å². The fourth-order valence-electron chi connectivity index (χ4n) is 2.78. The standard InChI is InChI=1S/C16H35N/c1-8-10-14(3)12-16(7,11-9-2)13-17-15(4,5)6/h14,17H,8-13H2,1-7H3. The van der Waals surface area contributed by atoms with Crippen molar-refractivity contribution >= 4 is 0 Å². The molecule has 0 aliphatic rings. The van der Waals surface area contributed by atoms with Gasteiger partial charge in [0.25, 0.3) is 0 Å². The maximum atomic E-state index is 3.69. The summed E-state index contributed by atoms with van der Waals surface area (Å²) >= 11 is 0. The highest BCUT2D eigenvalue weighted by Crippen LogP contribution is 2.32.